The minimum absolute atomic E-state index is 0.178. The fourth-order valence-corrected chi connectivity index (χ4v) is 3.13. The minimum atomic E-state index is -0.356. The Morgan fingerprint density at radius 2 is 2.05 bits per heavy atom. The molecule has 0 spiro atoms. The molecule has 1 amide bonds. The van der Waals surface area contributed by atoms with Crippen LogP contribution in [0.2, 0.25) is 0 Å². The number of anilines is 1. The van der Waals surface area contributed by atoms with Gasteiger partial charge in [0.15, 0.2) is 0 Å². The predicted octanol–water partition coefficient (Wildman–Crippen LogP) is 3.11. The van der Waals surface area contributed by atoms with Gasteiger partial charge in [0.2, 0.25) is 5.91 Å². The van der Waals surface area contributed by atoms with E-state index in [1.54, 1.807) is 4.90 Å². The lowest BCUT2D eigenvalue weighted by atomic mass is 9.70. The predicted molar refractivity (Wildman–Crippen MR) is 83.7 cm³/mol. The van der Waals surface area contributed by atoms with Crippen LogP contribution in [0.4, 0.5) is 5.69 Å². The van der Waals surface area contributed by atoms with Crippen LogP contribution in [-0.2, 0) is 4.79 Å². The number of hydrogen-bond donors (Lipinski definition) is 1. The smallest absolute Gasteiger partial charge is 0.234 e. The van der Waals surface area contributed by atoms with Crippen LogP contribution in [0.15, 0.2) is 24.3 Å². The summed E-state index contributed by atoms with van der Waals surface area (Å²) in [6, 6.07) is 8.07. The maximum atomic E-state index is 12.9. The molecule has 1 aliphatic carbocycles. The van der Waals surface area contributed by atoms with E-state index in [4.69, 9.17) is 5.73 Å². The highest BCUT2D eigenvalue weighted by Crippen LogP contribution is 2.40. The minimum Gasteiger partial charge on any atom is -0.329 e. The second-order valence-corrected chi connectivity index (χ2v) is 6.37. The molecule has 1 fully saturated rings. The van der Waals surface area contributed by atoms with E-state index >= 15 is 0 Å². The zero-order valence-electron chi connectivity index (χ0n) is 12.9. The molecule has 3 heteroatoms. The van der Waals surface area contributed by atoms with Crippen molar-refractivity contribution in [3.05, 3.63) is 29.8 Å². The van der Waals surface area contributed by atoms with Crippen molar-refractivity contribution in [3.63, 3.8) is 0 Å². The summed E-state index contributed by atoms with van der Waals surface area (Å²) in [6.07, 6.45) is 4.04. The molecular weight excluding hydrogens is 248 g/mol. The summed E-state index contributed by atoms with van der Waals surface area (Å²) < 4.78 is 0. The second-order valence-electron chi connectivity index (χ2n) is 6.37. The molecule has 110 valence electrons. The van der Waals surface area contributed by atoms with E-state index in [9.17, 15) is 4.79 Å². The van der Waals surface area contributed by atoms with Crippen molar-refractivity contribution in [2.75, 3.05) is 18.5 Å². The van der Waals surface area contributed by atoms with Crippen molar-refractivity contribution in [3.8, 4) is 0 Å². The second kappa shape index (κ2) is 5.96. The molecule has 0 radical (unpaired) electrons. The van der Waals surface area contributed by atoms with E-state index in [2.05, 4.69) is 6.92 Å². The maximum Gasteiger partial charge on any atom is 0.234 e. The zero-order valence-corrected chi connectivity index (χ0v) is 12.9. The Balaban J connectivity index is 2.20. The molecule has 2 rings (SSSR count). The van der Waals surface area contributed by atoms with E-state index in [-0.39, 0.29) is 11.3 Å². The fraction of sp³-hybridized carbons (Fsp3) is 0.588. The summed E-state index contributed by atoms with van der Waals surface area (Å²) in [6.45, 7) is 4.76. The number of nitrogens with two attached hydrogens (primary N) is 1. The Bertz CT molecular complexity index is 476. The SMILES string of the molecule is Cc1cccc(N(C)C(=O)C2(CN)CCC(C)CC2)c1. The molecule has 1 saturated carbocycles. The van der Waals surface area contributed by atoms with Crippen LogP contribution in [0.5, 0.6) is 0 Å². The Kier molecular flexibility index (Phi) is 4.48. The van der Waals surface area contributed by atoms with Crippen molar-refractivity contribution in [1.29, 1.82) is 0 Å². The number of amides is 1. The standard InChI is InChI=1S/C17H26N2O/c1-13-7-9-17(12-18,10-8-13)16(20)19(3)15-6-4-5-14(2)11-15/h4-6,11,13H,7-10,12,18H2,1-3H3. The molecule has 0 aliphatic heterocycles. The topological polar surface area (TPSA) is 46.3 Å². The summed E-state index contributed by atoms with van der Waals surface area (Å²) in [5, 5.41) is 0. The average Bonchev–Trinajstić information content (AvgIpc) is 2.47. The Morgan fingerprint density at radius 1 is 1.40 bits per heavy atom. The van der Waals surface area contributed by atoms with Crippen LogP contribution in [-0.4, -0.2) is 19.5 Å². The lowest BCUT2D eigenvalue weighted by Gasteiger charge is -2.39. The molecular formula is C17H26N2O. The van der Waals surface area contributed by atoms with Gasteiger partial charge in [-0.25, -0.2) is 0 Å². The molecule has 1 aliphatic rings. The van der Waals surface area contributed by atoms with Gasteiger partial charge in [0, 0.05) is 19.3 Å². The lowest BCUT2D eigenvalue weighted by Crippen LogP contribution is -2.48. The Morgan fingerprint density at radius 3 is 2.60 bits per heavy atom. The van der Waals surface area contributed by atoms with Crippen LogP contribution < -0.4 is 10.6 Å². The third kappa shape index (κ3) is 2.88. The molecule has 2 N–H and O–H groups in total. The lowest BCUT2D eigenvalue weighted by molar-refractivity contribution is -0.129. The summed E-state index contributed by atoms with van der Waals surface area (Å²) in [4.78, 5) is 14.7. The first-order chi connectivity index (χ1) is 9.48. The number of rotatable bonds is 3. The van der Waals surface area contributed by atoms with Crippen molar-refractivity contribution >= 4 is 11.6 Å². The van der Waals surface area contributed by atoms with Crippen LogP contribution in [0.3, 0.4) is 0 Å². The van der Waals surface area contributed by atoms with Gasteiger partial charge in [-0.3, -0.25) is 4.79 Å². The Labute approximate surface area is 122 Å². The molecule has 0 heterocycles. The summed E-state index contributed by atoms with van der Waals surface area (Å²) in [5.74, 6) is 0.893. The first-order valence-electron chi connectivity index (χ1n) is 7.53. The average molecular weight is 274 g/mol. The van der Waals surface area contributed by atoms with Crippen molar-refractivity contribution < 1.29 is 4.79 Å². The number of carbonyl (C=O) groups excluding carboxylic acids is 1. The zero-order chi connectivity index (χ0) is 14.8. The summed E-state index contributed by atoms with van der Waals surface area (Å²) in [7, 11) is 1.87. The molecule has 20 heavy (non-hydrogen) atoms. The van der Waals surface area contributed by atoms with Crippen LogP contribution in [0.1, 0.15) is 38.2 Å². The molecule has 3 nitrogen and oxygen atoms in total. The van der Waals surface area contributed by atoms with Gasteiger partial charge in [-0.2, -0.15) is 0 Å². The fourth-order valence-electron chi connectivity index (χ4n) is 3.13. The third-order valence-electron chi connectivity index (χ3n) is 4.77. The number of aryl methyl sites for hydroxylation is 1. The molecule has 0 atom stereocenters. The number of carbonyl (C=O) groups is 1. The van der Waals surface area contributed by atoms with E-state index < -0.39 is 0 Å². The van der Waals surface area contributed by atoms with Gasteiger partial charge in [0.25, 0.3) is 0 Å². The molecule has 0 aromatic heterocycles. The van der Waals surface area contributed by atoms with Gasteiger partial charge in [-0.1, -0.05) is 19.1 Å². The molecule has 1 aromatic rings. The molecule has 1 aromatic carbocycles. The van der Waals surface area contributed by atoms with Crippen LogP contribution in [0.25, 0.3) is 0 Å². The van der Waals surface area contributed by atoms with E-state index in [0.717, 1.165) is 31.4 Å². The van der Waals surface area contributed by atoms with Crippen molar-refractivity contribution in [1.82, 2.24) is 0 Å². The van der Waals surface area contributed by atoms with E-state index in [0.29, 0.717) is 12.5 Å². The highest BCUT2D eigenvalue weighted by Gasteiger charge is 2.41. The summed E-state index contributed by atoms with van der Waals surface area (Å²) >= 11 is 0. The van der Waals surface area contributed by atoms with Crippen LogP contribution >= 0.6 is 0 Å². The maximum absolute atomic E-state index is 12.9. The molecule has 0 unspecified atom stereocenters. The number of benzene rings is 1. The highest BCUT2D eigenvalue weighted by molar-refractivity contribution is 5.97. The van der Waals surface area contributed by atoms with Gasteiger partial charge in [-0.15, -0.1) is 0 Å². The van der Waals surface area contributed by atoms with Gasteiger partial charge < -0.3 is 10.6 Å². The normalized spacial score (nSPS) is 26.3. The van der Waals surface area contributed by atoms with Gasteiger partial charge in [0.05, 0.1) is 5.41 Å². The number of hydrogen-bond acceptors (Lipinski definition) is 2. The first-order valence-corrected chi connectivity index (χ1v) is 7.53. The van der Waals surface area contributed by atoms with Gasteiger partial charge >= 0.3 is 0 Å². The Hall–Kier alpha value is -1.35. The van der Waals surface area contributed by atoms with Gasteiger partial charge in [-0.05, 0) is 56.2 Å². The molecule has 0 saturated heterocycles. The first kappa shape index (κ1) is 15.0. The monoisotopic (exact) mass is 274 g/mol. The largest absolute Gasteiger partial charge is 0.329 e. The van der Waals surface area contributed by atoms with Gasteiger partial charge in [0.1, 0.15) is 0 Å². The van der Waals surface area contributed by atoms with E-state index in [1.807, 2.05) is 38.2 Å². The third-order valence-corrected chi connectivity index (χ3v) is 4.77. The summed E-state index contributed by atoms with van der Waals surface area (Å²) in [5.41, 5.74) is 7.75. The van der Waals surface area contributed by atoms with Crippen molar-refractivity contribution in [2.24, 2.45) is 17.1 Å². The van der Waals surface area contributed by atoms with E-state index in [1.165, 1.54) is 5.56 Å². The quantitative estimate of drug-likeness (QED) is 0.920. The highest BCUT2D eigenvalue weighted by atomic mass is 16.2. The molecule has 0 bridgehead atoms. The number of nitrogens with zero attached hydrogens (tertiary/aromatic N) is 1. The van der Waals surface area contributed by atoms with Crippen molar-refractivity contribution in [2.45, 2.75) is 39.5 Å². The van der Waals surface area contributed by atoms with Crippen LogP contribution in [0, 0.1) is 18.3 Å².